The molecule has 0 radical (unpaired) electrons. The van der Waals surface area contributed by atoms with Gasteiger partial charge in [-0.05, 0) is 30.2 Å². The highest BCUT2D eigenvalue weighted by Gasteiger charge is 2.40. The maximum absolute atomic E-state index is 12.9. The number of fused-ring (bicyclic) bond motifs is 1. The van der Waals surface area contributed by atoms with Crippen molar-refractivity contribution in [1.29, 1.82) is 0 Å². The molecule has 1 aromatic heterocycles. The third kappa shape index (κ3) is 4.18. The molecule has 2 atom stereocenters. The summed E-state index contributed by atoms with van der Waals surface area (Å²) in [5.74, 6) is 1.39. The summed E-state index contributed by atoms with van der Waals surface area (Å²) < 4.78 is 11.3. The van der Waals surface area contributed by atoms with E-state index in [0.717, 1.165) is 6.42 Å². The van der Waals surface area contributed by atoms with E-state index >= 15 is 0 Å². The Labute approximate surface area is 185 Å². The first-order chi connectivity index (χ1) is 15.1. The number of aromatic nitrogens is 1. The number of morpholine rings is 1. The van der Waals surface area contributed by atoms with Gasteiger partial charge in [-0.15, -0.1) is 0 Å². The Kier molecular flexibility index (Phi) is 5.41. The van der Waals surface area contributed by atoms with Crippen LogP contribution in [-0.4, -0.2) is 71.7 Å². The zero-order valence-corrected chi connectivity index (χ0v) is 17.6. The van der Waals surface area contributed by atoms with Crippen molar-refractivity contribution in [2.45, 2.75) is 24.5 Å². The fraction of sp³-hybridized carbons (Fsp3) is 0.409. The van der Waals surface area contributed by atoms with Crippen molar-refractivity contribution in [1.82, 2.24) is 20.1 Å². The molecular formula is C22H23ClN4O4. The third-order valence-electron chi connectivity index (χ3n) is 6.06. The van der Waals surface area contributed by atoms with E-state index < -0.39 is 0 Å². The summed E-state index contributed by atoms with van der Waals surface area (Å²) in [4.78, 5) is 32.1. The molecule has 2 aromatic rings. The van der Waals surface area contributed by atoms with E-state index in [-0.39, 0.29) is 30.7 Å². The minimum Gasteiger partial charge on any atom is -0.454 e. The highest BCUT2D eigenvalue weighted by Crippen LogP contribution is 2.32. The van der Waals surface area contributed by atoms with Crippen LogP contribution < -0.4 is 10.1 Å². The van der Waals surface area contributed by atoms with Gasteiger partial charge in [-0.3, -0.25) is 9.78 Å². The average Bonchev–Trinajstić information content (AvgIpc) is 2.75. The van der Waals surface area contributed by atoms with Gasteiger partial charge in [0.05, 0.1) is 23.4 Å². The average molecular weight is 443 g/mol. The van der Waals surface area contributed by atoms with Crippen LogP contribution in [0.2, 0.25) is 5.02 Å². The van der Waals surface area contributed by atoms with Crippen LogP contribution in [0, 0.1) is 0 Å². The van der Waals surface area contributed by atoms with E-state index in [0.29, 0.717) is 48.6 Å². The molecule has 0 spiro atoms. The molecule has 0 bridgehead atoms. The molecule has 8 nitrogen and oxygen atoms in total. The minimum atomic E-state index is -0.114. The van der Waals surface area contributed by atoms with Crippen molar-refractivity contribution >= 4 is 23.5 Å². The summed E-state index contributed by atoms with van der Waals surface area (Å²) in [7, 11) is 0. The van der Waals surface area contributed by atoms with Crippen LogP contribution in [0.15, 0.2) is 42.7 Å². The topological polar surface area (TPSA) is 84.0 Å². The van der Waals surface area contributed by atoms with Gasteiger partial charge in [0.2, 0.25) is 5.91 Å². The van der Waals surface area contributed by atoms with Gasteiger partial charge in [0.25, 0.3) is 0 Å². The van der Waals surface area contributed by atoms with Crippen molar-refractivity contribution in [2.75, 3.05) is 32.8 Å². The number of hydrogen-bond donors (Lipinski definition) is 1. The van der Waals surface area contributed by atoms with Crippen LogP contribution in [0.5, 0.6) is 11.5 Å². The number of amides is 3. The number of carbonyl (C=O) groups excluding carboxylic acids is 2. The molecule has 3 amide bonds. The van der Waals surface area contributed by atoms with Gasteiger partial charge in [0, 0.05) is 38.3 Å². The largest absolute Gasteiger partial charge is 0.454 e. The highest BCUT2D eigenvalue weighted by atomic mass is 35.5. The second kappa shape index (κ2) is 8.36. The summed E-state index contributed by atoms with van der Waals surface area (Å²) in [6.07, 6.45) is 3.95. The summed E-state index contributed by atoms with van der Waals surface area (Å²) in [6, 6.07) is 9.44. The molecule has 9 heteroatoms. The Morgan fingerprint density at radius 1 is 1.16 bits per heavy atom. The molecule has 5 rings (SSSR count). The summed E-state index contributed by atoms with van der Waals surface area (Å²) in [5.41, 5.74) is 1.17. The molecule has 1 N–H and O–H groups in total. The zero-order valence-electron chi connectivity index (χ0n) is 16.9. The van der Waals surface area contributed by atoms with Crippen molar-refractivity contribution in [2.24, 2.45) is 0 Å². The Bertz CT molecular complexity index is 980. The number of ether oxygens (including phenoxy) is 2. The van der Waals surface area contributed by atoms with E-state index in [2.05, 4.69) is 10.3 Å². The van der Waals surface area contributed by atoms with Gasteiger partial charge in [0.1, 0.15) is 12.4 Å². The first-order valence-corrected chi connectivity index (χ1v) is 10.8. The molecule has 3 aliphatic rings. The van der Waals surface area contributed by atoms with E-state index in [9.17, 15) is 9.59 Å². The first kappa shape index (κ1) is 20.1. The molecule has 4 heterocycles. The highest BCUT2D eigenvalue weighted by molar-refractivity contribution is 6.32. The molecule has 1 aromatic carbocycles. The van der Waals surface area contributed by atoms with Crippen LogP contribution in [0.1, 0.15) is 17.9 Å². The molecule has 3 fully saturated rings. The lowest BCUT2D eigenvalue weighted by atomic mass is 9.91. The van der Waals surface area contributed by atoms with E-state index in [1.54, 1.807) is 18.5 Å². The van der Waals surface area contributed by atoms with Crippen LogP contribution in [0.4, 0.5) is 4.79 Å². The van der Waals surface area contributed by atoms with E-state index in [1.807, 2.05) is 34.1 Å². The van der Waals surface area contributed by atoms with Gasteiger partial charge in [0.15, 0.2) is 5.75 Å². The zero-order chi connectivity index (χ0) is 21.4. The smallest absolute Gasteiger partial charge is 0.320 e. The Hall–Kier alpha value is -2.84. The Balaban J connectivity index is 1.14. The monoisotopic (exact) mass is 442 g/mol. The number of halogens is 1. The number of nitrogens with zero attached hydrogens (tertiary/aromatic N) is 3. The van der Waals surface area contributed by atoms with Gasteiger partial charge < -0.3 is 24.6 Å². The maximum Gasteiger partial charge on any atom is 0.320 e. The fourth-order valence-corrected chi connectivity index (χ4v) is 4.44. The second-order valence-electron chi connectivity index (χ2n) is 8.12. The Morgan fingerprint density at radius 3 is 2.74 bits per heavy atom. The van der Waals surface area contributed by atoms with Crippen LogP contribution in [-0.2, 0) is 9.53 Å². The molecule has 3 saturated heterocycles. The van der Waals surface area contributed by atoms with Crippen molar-refractivity contribution in [3.8, 4) is 11.5 Å². The molecule has 162 valence electrons. The predicted octanol–water partition coefficient (Wildman–Crippen LogP) is 2.64. The number of piperidine rings is 1. The predicted molar refractivity (Wildman–Crippen MR) is 113 cm³/mol. The molecule has 3 aliphatic heterocycles. The van der Waals surface area contributed by atoms with Crippen molar-refractivity contribution in [3.63, 3.8) is 0 Å². The first-order valence-electron chi connectivity index (χ1n) is 10.4. The fourth-order valence-electron chi connectivity index (χ4n) is 4.29. The van der Waals surface area contributed by atoms with Crippen molar-refractivity contribution < 1.29 is 19.1 Å². The molecule has 31 heavy (non-hydrogen) atoms. The van der Waals surface area contributed by atoms with Crippen LogP contribution in [0.25, 0.3) is 0 Å². The number of hydrogen-bond acceptors (Lipinski definition) is 5. The van der Waals surface area contributed by atoms with E-state index in [4.69, 9.17) is 21.1 Å². The standard InChI is InChI=1S/C22H23ClN4O4/c23-17-5-7-24-9-20(17)31-16-3-1-14(2-4-16)15-10-27(11-15)22(29)26-8-6-19-18(12-26)25-21(28)13-30-19/h1-5,7,9,15,18-19H,6,8,10-13H2,(H,25,28)/t18-,19?/m1/s1. The number of carbonyl (C=O) groups is 2. The minimum absolute atomic E-state index is 0.00757. The number of urea groups is 1. The third-order valence-corrected chi connectivity index (χ3v) is 6.37. The lowest BCUT2D eigenvalue weighted by Gasteiger charge is -2.46. The van der Waals surface area contributed by atoms with Crippen molar-refractivity contribution in [3.05, 3.63) is 53.3 Å². The quantitative estimate of drug-likeness (QED) is 0.790. The maximum atomic E-state index is 12.9. The molecular weight excluding hydrogens is 420 g/mol. The normalized spacial score (nSPS) is 23.6. The number of pyridine rings is 1. The lowest BCUT2D eigenvalue weighted by Crippen LogP contribution is -2.63. The number of benzene rings is 1. The van der Waals surface area contributed by atoms with Gasteiger partial charge in [-0.25, -0.2) is 4.79 Å². The Morgan fingerprint density at radius 2 is 1.97 bits per heavy atom. The van der Waals surface area contributed by atoms with Gasteiger partial charge in [-0.1, -0.05) is 23.7 Å². The molecule has 1 unspecified atom stereocenters. The number of rotatable bonds is 3. The second-order valence-corrected chi connectivity index (χ2v) is 8.53. The summed E-state index contributed by atoms with van der Waals surface area (Å²) in [6.45, 7) is 2.63. The molecule has 0 saturated carbocycles. The number of likely N-dealkylation sites (tertiary alicyclic amines) is 2. The lowest BCUT2D eigenvalue weighted by molar-refractivity contribution is -0.139. The van der Waals surface area contributed by atoms with E-state index in [1.165, 1.54) is 5.56 Å². The van der Waals surface area contributed by atoms with Crippen LogP contribution >= 0.6 is 11.6 Å². The number of nitrogens with one attached hydrogen (secondary N) is 1. The van der Waals surface area contributed by atoms with Gasteiger partial charge >= 0.3 is 6.03 Å². The summed E-state index contributed by atoms with van der Waals surface area (Å²) >= 11 is 6.11. The SMILES string of the molecule is O=C1COC2CCN(C(=O)N3CC(c4ccc(Oc5cnccc5Cl)cc4)C3)C[C@H]2N1. The van der Waals surface area contributed by atoms with Crippen LogP contribution in [0.3, 0.4) is 0 Å². The summed E-state index contributed by atoms with van der Waals surface area (Å²) in [5, 5.41) is 3.45. The van der Waals surface area contributed by atoms with Gasteiger partial charge in [-0.2, -0.15) is 0 Å². The molecule has 0 aliphatic carbocycles.